The Bertz CT molecular complexity index is 1050. The fourth-order valence-electron chi connectivity index (χ4n) is 5.05. The first-order valence-corrected chi connectivity index (χ1v) is 14.1. The van der Waals surface area contributed by atoms with Crippen LogP contribution in [0.4, 0.5) is 13.6 Å². The van der Waals surface area contributed by atoms with Crippen molar-refractivity contribution in [1.82, 2.24) is 26.2 Å². The molecule has 0 aromatic rings. The highest BCUT2D eigenvalue weighted by Crippen LogP contribution is 2.28. The standard InChI is InChI=1S/C28H46F2N8O4/c1-16(2)20(6-9-31)25(34-13-24(40)36-18(4)39)21(26(29)30)12-17(3)35-27(32)22-14-38(28(41)33-5)10-7-23(22)37-19-8-11-42-15-19/h9,12,16,18-20,25-26,31,34,37,39H,3,6-8,10-11,13-15H2,1-2,4-5H3,(H2,32,35)(H,33,41)(H,36,40)/b21-12+,31-9?/t18?,19?,20-,25?/m1/s1. The number of carbonyl (C=O) groups is 2. The Labute approximate surface area is 246 Å². The molecule has 14 heteroatoms. The lowest BCUT2D eigenvalue weighted by molar-refractivity contribution is -0.123. The molecule has 1 fully saturated rings. The van der Waals surface area contributed by atoms with Gasteiger partial charge in [0.05, 0.1) is 31.4 Å². The minimum atomic E-state index is -2.93. The Morgan fingerprint density at radius 3 is 2.60 bits per heavy atom. The zero-order valence-electron chi connectivity index (χ0n) is 24.9. The molecule has 0 bridgehead atoms. The Balaban J connectivity index is 2.44. The number of nitrogens with zero attached hydrogens (tertiary/aromatic N) is 2. The molecule has 0 spiro atoms. The zero-order valence-corrected chi connectivity index (χ0v) is 24.9. The quantitative estimate of drug-likeness (QED) is 0.0647. The third-order valence-corrected chi connectivity index (χ3v) is 7.20. The highest BCUT2D eigenvalue weighted by atomic mass is 19.3. The van der Waals surface area contributed by atoms with Gasteiger partial charge in [-0.2, -0.15) is 0 Å². The first-order valence-electron chi connectivity index (χ1n) is 14.1. The van der Waals surface area contributed by atoms with E-state index in [1.165, 1.54) is 14.0 Å². The second-order valence-corrected chi connectivity index (χ2v) is 10.8. The Morgan fingerprint density at radius 2 is 2.05 bits per heavy atom. The first kappa shape index (κ1) is 34.8. The monoisotopic (exact) mass is 596 g/mol. The number of nitrogens with two attached hydrogens (primary N) is 1. The van der Waals surface area contributed by atoms with E-state index in [4.69, 9.17) is 15.9 Å². The normalized spacial score (nSPS) is 20.4. The number of urea groups is 1. The van der Waals surface area contributed by atoms with E-state index in [1.54, 1.807) is 4.90 Å². The summed E-state index contributed by atoms with van der Waals surface area (Å²) in [5.74, 6) is -1.10. The van der Waals surface area contributed by atoms with Crippen molar-refractivity contribution < 1.29 is 28.2 Å². The molecule has 236 valence electrons. The number of allylic oxidation sites excluding steroid dienone is 1. The van der Waals surface area contributed by atoms with Crippen molar-refractivity contribution in [1.29, 1.82) is 5.41 Å². The number of carbonyl (C=O) groups excluding carboxylic acids is 2. The summed E-state index contributed by atoms with van der Waals surface area (Å²) in [6.45, 7) is 10.4. The van der Waals surface area contributed by atoms with Crippen molar-refractivity contribution in [3.05, 3.63) is 35.2 Å². The molecule has 0 aliphatic carbocycles. The minimum Gasteiger partial charge on any atom is -0.383 e. The SMILES string of the molecule is C=C(/C=C(/C(F)F)C(NCC(=O)NC(C)O)[C@H](CC=N)C(C)C)N=C(N)C1=C(NC2CCOC2)CCN(C(=O)NC)C1. The zero-order chi connectivity index (χ0) is 31.4. The molecule has 12 nitrogen and oxygen atoms in total. The van der Waals surface area contributed by atoms with E-state index in [9.17, 15) is 23.5 Å². The Hall–Kier alpha value is -3.36. The maximum absolute atomic E-state index is 14.6. The molecule has 1 saturated heterocycles. The number of halogens is 2. The maximum atomic E-state index is 14.6. The summed E-state index contributed by atoms with van der Waals surface area (Å²) in [6.07, 6.45) is -0.218. The molecule has 42 heavy (non-hydrogen) atoms. The van der Waals surface area contributed by atoms with Crippen LogP contribution in [0.5, 0.6) is 0 Å². The minimum absolute atomic E-state index is 0.0338. The van der Waals surface area contributed by atoms with Crippen LogP contribution in [0, 0.1) is 17.2 Å². The highest BCUT2D eigenvalue weighted by molar-refractivity contribution is 5.99. The number of amides is 3. The van der Waals surface area contributed by atoms with Crippen LogP contribution in [0.2, 0.25) is 0 Å². The lowest BCUT2D eigenvalue weighted by Crippen LogP contribution is -2.47. The van der Waals surface area contributed by atoms with Crippen molar-refractivity contribution in [2.24, 2.45) is 22.6 Å². The second kappa shape index (κ2) is 16.9. The Morgan fingerprint density at radius 1 is 1.33 bits per heavy atom. The largest absolute Gasteiger partial charge is 0.383 e. The van der Waals surface area contributed by atoms with Crippen LogP contribution in [0.15, 0.2) is 40.2 Å². The number of rotatable bonds is 15. The molecule has 2 aliphatic heterocycles. The number of nitrogens with one attached hydrogen (secondary N) is 5. The van der Waals surface area contributed by atoms with Gasteiger partial charge >= 0.3 is 6.03 Å². The lowest BCUT2D eigenvalue weighted by atomic mass is 9.82. The van der Waals surface area contributed by atoms with E-state index >= 15 is 0 Å². The van der Waals surface area contributed by atoms with E-state index in [-0.39, 0.29) is 54.6 Å². The van der Waals surface area contributed by atoms with Crippen molar-refractivity contribution >= 4 is 24.0 Å². The number of aliphatic imine (C=N–C) groups is 1. The molecule has 0 aromatic carbocycles. The Kier molecular flexibility index (Phi) is 14.0. The molecule has 8 N–H and O–H groups in total. The van der Waals surface area contributed by atoms with Gasteiger partial charge in [-0.05, 0) is 43.9 Å². The molecular weight excluding hydrogens is 550 g/mol. The van der Waals surface area contributed by atoms with Gasteiger partial charge in [-0.3, -0.25) is 4.79 Å². The number of aliphatic hydroxyl groups is 1. The van der Waals surface area contributed by atoms with Gasteiger partial charge in [0.1, 0.15) is 12.1 Å². The molecule has 3 unspecified atom stereocenters. The van der Waals surface area contributed by atoms with E-state index in [0.717, 1.165) is 24.4 Å². The lowest BCUT2D eigenvalue weighted by Gasteiger charge is -2.32. The third kappa shape index (κ3) is 10.5. The molecule has 0 aromatic heterocycles. The number of hydrogen-bond donors (Lipinski definition) is 7. The summed E-state index contributed by atoms with van der Waals surface area (Å²) < 4.78 is 34.6. The van der Waals surface area contributed by atoms with Gasteiger partial charge in [-0.25, -0.2) is 18.6 Å². The van der Waals surface area contributed by atoms with E-state index in [1.807, 2.05) is 13.8 Å². The van der Waals surface area contributed by atoms with Crippen molar-refractivity contribution in [3.8, 4) is 0 Å². The molecule has 2 heterocycles. The number of amidine groups is 1. The van der Waals surface area contributed by atoms with Gasteiger partial charge in [0.15, 0.2) is 0 Å². The predicted octanol–water partition coefficient (Wildman–Crippen LogP) is 1.45. The topological polar surface area (TPSA) is 177 Å². The van der Waals surface area contributed by atoms with Gasteiger partial charge in [0.2, 0.25) is 5.91 Å². The van der Waals surface area contributed by atoms with Crippen LogP contribution in [-0.2, 0) is 9.53 Å². The van der Waals surface area contributed by atoms with Gasteiger partial charge in [0, 0.05) is 49.5 Å². The summed E-state index contributed by atoms with van der Waals surface area (Å²) in [4.78, 5) is 30.5. The molecule has 3 amide bonds. The van der Waals surface area contributed by atoms with Gasteiger partial charge in [0.25, 0.3) is 6.43 Å². The molecular formula is C28H46F2N8O4. The van der Waals surface area contributed by atoms with Gasteiger partial charge < -0.3 is 47.2 Å². The molecule has 0 radical (unpaired) electrons. The van der Waals surface area contributed by atoms with Crippen molar-refractivity contribution in [3.63, 3.8) is 0 Å². The molecule has 0 saturated carbocycles. The molecule has 2 rings (SSSR count). The third-order valence-electron chi connectivity index (χ3n) is 7.20. The second-order valence-electron chi connectivity index (χ2n) is 10.8. The first-order chi connectivity index (χ1) is 19.9. The number of alkyl halides is 2. The highest BCUT2D eigenvalue weighted by Gasteiger charge is 2.32. The fraction of sp³-hybridized carbons (Fsp3) is 0.643. The summed E-state index contributed by atoms with van der Waals surface area (Å²) >= 11 is 0. The number of aliphatic hydroxyl groups excluding tert-OH is 1. The summed E-state index contributed by atoms with van der Waals surface area (Å²) in [7, 11) is 1.53. The van der Waals surface area contributed by atoms with E-state index in [0.29, 0.717) is 31.8 Å². The average molecular weight is 597 g/mol. The van der Waals surface area contributed by atoms with E-state index in [2.05, 4.69) is 32.8 Å². The van der Waals surface area contributed by atoms with Crippen LogP contribution in [0.25, 0.3) is 0 Å². The summed E-state index contributed by atoms with van der Waals surface area (Å²) in [5.41, 5.74) is 7.40. The fourth-order valence-corrected chi connectivity index (χ4v) is 5.05. The molecule has 4 atom stereocenters. The maximum Gasteiger partial charge on any atom is 0.317 e. The average Bonchev–Trinajstić information content (AvgIpc) is 3.43. The van der Waals surface area contributed by atoms with Crippen molar-refractivity contribution in [2.45, 2.75) is 64.8 Å². The van der Waals surface area contributed by atoms with Crippen LogP contribution in [0.3, 0.4) is 0 Å². The van der Waals surface area contributed by atoms with Crippen LogP contribution >= 0.6 is 0 Å². The number of ether oxygens (including phenoxy) is 1. The van der Waals surface area contributed by atoms with Crippen LogP contribution in [0.1, 0.15) is 40.0 Å². The summed E-state index contributed by atoms with van der Waals surface area (Å²) in [5, 5.41) is 28.3. The molecule has 2 aliphatic rings. The number of hydrogen-bond acceptors (Lipinski definition) is 8. The van der Waals surface area contributed by atoms with Gasteiger partial charge in [-0.1, -0.05) is 20.4 Å². The summed E-state index contributed by atoms with van der Waals surface area (Å²) in [6, 6.07) is -1.19. The van der Waals surface area contributed by atoms with Crippen LogP contribution in [-0.4, -0.2) is 98.6 Å². The predicted molar refractivity (Wildman–Crippen MR) is 158 cm³/mol. The van der Waals surface area contributed by atoms with Gasteiger partial charge in [-0.15, -0.1) is 0 Å². The smallest absolute Gasteiger partial charge is 0.317 e. The van der Waals surface area contributed by atoms with Crippen LogP contribution < -0.4 is 27.0 Å². The van der Waals surface area contributed by atoms with Crippen molar-refractivity contribution in [2.75, 3.05) is 39.9 Å². The van der Waals surface area contributed by atoms with E-state index < -0.39 is 30.5 Å².